The number of ether oxygens (including phenoxy) is 1. The van der Waals surface area contributed by atoms with Gasteiger partial charge in [-0.1, -0.05) is 36.4 Å². The highest BCUT2D eigenvalue weighted by Crippen LogP contribution is 2.43. The number of hydrogen-bond acceptors (Lipinski definition) is 5. The third-order valence-electron chi connectivity index (χ3n) is 7.96. The maximum atomic E-state index is 13.4. The molecular formula is C28H29N3O4. The Balaban J connectivity index is 1.22. The number of carbonyl (C=O) groups is 1. The Hall–Kier alpha value is -3.42. The third kappa shape index (κ3) is 3.66. The molecule has 35 heavy (non-hydrogen) atoms. The molecule has 1 aliphatic carbocycles. The van der Waals surface area contributed by atoms with Crippen LogP contribution >= 0.6 is 0 Å². The van der Waals surface area contributed by atoms with E-state index in [0.717, 1.165) is 24.1 Å². The van der Waals surface area contributed by atoms with Crippen LogP contribution in [0.25, 0.3) is 11.1 Å². The fourth-order valence-corrected chi connectivity index (χ4v) is 6.22. The Bertz CT molecular complexity index is 1330. The molecular weight excluding hydrogens is 442 g/mol. The van der Waals surface area contributed by atoms with E-state index in [4.69, 9.17) is 4.74 Å². The molecule has 3 aliphatic rings. The van der Waals surface area contributed by atoms with E-state index < -0.39 is 6.04 Å². The molecule has 6 rings (SSSR count). The molecule has 3 N–H and O–H groups in total. The van der Waals surface area contributed by atoms with Gasteiger partial charge < -0.3 is 19.7 Å². The maximum Gasteiger partial charge on any atom is 0.258 e. The largest absolute Gasteiger partial charge is 0.497 e. The monoisotopic (exact) mass is 471 g/mol. The molecule has 3 aromatic rings. The Kier molecular flexibility index (Phi) is 5.46. The minimum atomic E-state index is -0.486. The molecule has 180 valence electrons. The van der Waals surface area contributed by atoms with Crippen LogP contribution in [0.4, 0.5) is 0 Å². The smallest absolute Gasteiger partial charge is 0.258 e. The zero-order valence-corrected chi connectivity index (χ0v) is 19.6. The van der Waals surface area contributed by atoms with Gasteiger partial charge >= 0.3 is 0 Å². The quantitative estimate of drug-likeness (QED) is 0.530. The lowest BCUT2D eigenvalue weighted by Crippen LogP contribution is -2.49. The first-order valence-corrected chi connectivity index (χ1v) is 12.2. The Morgan fingerprint density at radius 1 is 1.11 bits per heavy atom. The molecule has 7 heteroatoms. The van der Waals surface area contributed by atoms with Crippen LogP contribution in [0.3, 0.4) is 0 Å². The first-order chi connectivity index (χ1) is 17.1. The highest BCUT2D eigenvalue weighted by molar-refractivity contribution is 5.83. The van der Waals surface area contributed by atoms with Crippen molar-refractivity contribution in [2.75, 3.05) is 13.7 Å². The topological polar surface area (TPSA) is 92.6 Å². The number of aliphatic hydroxyl groups is 1. The number of fused-ring (bicyclic) bond motifs is 4. The first kappa shape index (κ1) is 22.1. The summed E-state index contributed by atoms with van der Waals surface area (Å²) in [6.45, 7) is 0.371. The number of aromatic nitrogens is 1. The van der Waals surface area contributed by atoms with E-state index in [9.17, 15) is 14.7 Å². The van der Waals surface area contributed by atoms with Gasteiger partial charge in [0.2, 0.25) is 5.91 Å². The van der Waals surface area contributed by atoms with E-state index >= 15 is 0 Å². The van der Waals surface area contributed by atoms with Crippen molar-refractivity contribution in [3.05, 3.63) is 87.8 Å². The second kappa shape index (κ2) is 8.66. The SMILES string of the molecule is COc1cccc(-c2ccc3n(c2=O)C[C@H]2[C@H](CO)[C@@H](C(=O)NC4Cc5ccccc5C4)N[C@@H]32)c1. The molecule has 0 bridgehead atoms. The molecule has 2 aliphatic heterocycles. The number of nitrogens with zero attached hydrogens (tertiary/aromatic N) is 1. The maximum absolute atomic E-state index is 13.4. The lowest BCUT2D eigenvalue weighted by Gasteiger charge is -2.23. The van der Waals surface area contributed by atoms with Crippen molar-refractivity contribution < 1.29 is 14.6 Å². The van der Waals surface area contributed by atoms with E-state index in [2.05, 4.69) is 22.8 Å². The summed E-state index contributed by atoms with van der Waals surface area (Å²) < 4.78 is 7.11. The normalized spacial score (nSPS) is 24.6. The second-order valence-electron chi connectivity index (χ2n) is 9.83. The van der Waals surface area contributed by atoms with Crippen LogP contribution in [0.2, 0.25) is 0 Å². The fraction of sp³-hybridized carbons (Fsp3) is 0.357. The minimum Gasteiger partial charge on any atom is -0.497 e. The number of nitrogens with one attached hydrogen (secondary N) is 2. The predicted molar refractivity (Wildman–Crippen MR) is 132 cm³/mol. The van der Waals surface area contributed by atoms with Gasteiger partial charge in [0.1, 0.15) is 5.75 Å². The number of pyridine rings is 1. The van der Waals surface area contributed by atoms with Gasteiger partial charge in [-0.15, -0.1) is 0 Å². The number of hydrogen-bond donors (Lipinski definition) is 3. The van der Waals surface area contributed by atoms with E-state index in [-0.39, 0.29) is 42.0 Å². The number of aliphatic hydroxyl groups excluding tert-OH is 1. The zero-order chi connectivity index (χ0) is 24.1. The van der Waals surface area contributed by atoms with Gasteiger partial charge in [0.15, 0.2) is 0 Å². The van der Waals surface area contributed by atoms with Crippen LogP contribution < -0.4 is 20.9 Å². The summed E-state index contributed by atoms with van der Waals surface area (Å²) in [5, 5.41) is 16.9. The molecule has 2 aromatic carbocycles. The minimum absolute atomic E-state index is 0.0233. The van der Waals surface area contributed by atoms with Crippen molar-refractivity contribution in [1.82, 2.24) is 15.2 Å². The zero-order valence-electron chi connectivity index (χ0n) is 19.6. The molecule has 1 amide bonds. The van der Waals surface area contributed by atoms with Crippen molar-refractivity contribution in [1.29, 1.82) is 0 Å². The molecule has 1 fully saturated rings. The number of amides is 1. The van der Waals surface area contributed by atoms with Crippen LogP contribution in [0.1, 0.15) is 22.9 Å². The first-order valence-electron chi connectivity index (χ1n) is 12.2. The van der Waals surface area contributed by atoms with Gasteiger partial charge in [0, 0.05) is 42.3 Å². The highest BCUT2D eigenvalue weighted by Gasteiger charge is 2.50. The second-order valence-corrected chi connectivity index (χ2v) is 9.83. The summed E-state index contributed by atoms with van der Waals surface area (Å²) in [6, 6.07) is 19.0. The van der Waals surface area contributed by atoms with E-state index in [1.54, 1.807) is 11.7 Å². The predicted octanol–water partition coefficient (Wildman–Crippen LogP) is 2.06. The highest BCUT2D eigenvalue weighted by atomic mass is 16.5. The number of methoxy groups -OCH3 is 1. The van der Waals surface area contributed by atoms with E-state index in [1.165, 1.54) is 11.1 Å². The van der Waals surface area contributed by atoms with Crippen molar-refractivity contribution in [2.45, 2.75) is 37.5 Å². The Morgan fingerprint density at radius 2 is 1.89 bits per heavy atom. The molecule has 0 radical (unpaired) electrons. The van der Waals surface area contributed by atoms with Gasteiger partial charge in [-0.05, 0) is 53.8 Å². The van der Waals surface area contributed by atoms with Crippen molar-refractivity contribution >= 4 is 5.91 Å². The van der Waals surface area contributed by atoms with Crippen LogP contribution in [0, 0.1) is 11.8 Å². The lowest BCUT2D eigenvalue weighted by molar-refractivity contribution is -0.125. The van der Waals surface area contributed by atoms with Crippen molar-refractivity contribution in [3.63, 3.8) is 0 Å². The van der Waals surface area contributed by atoms with Gasteiger partial charge in [0.25, 0.3) is 5.56 Å². The molecule has 3 heterocycles. The van der Waals surface area contributed by atoms with Crippen molar-refractivity contribution in [2.24, 2.45) is 11.8 Å². The van der Waals surface area contributed by atoms with Gasteiger partial charge in [-0.2, -0.15) is 0 Å². The summed E-state index contributed by atoms with van der Waals surface area (Å²) in [4.78, 5) is 26.7. The van der Waals surface area contributed by atoms with Gasteiger partial charge in [-0.25, -0.2) is 0 Å². The van der Waals surface area contributed by atoms with E-state index in [0.29, 0.717) is 17.9 Å². The Labute approximate surface area is 203 Å². The third-order valence-corrected chi connectivity index (χ3v) is 7.96. The summed E-state index contributed by atoms with van der Waals surface area (Å²) in [5.41, 5.74) is 4.80. The molecule has 0 spiro atoms. The van der Waals surface area contributed by atoms with Gasteiger partial charge in [-0.3, -0.25) is 14.9 Å². The summed E-state index contributed by atoms with van der Waals surface area (Å²) in [5.74, 6) is 0.344. The standard InChI is InChI=1S/C28H29N3O4/c1-35-20-8-4-7-18(13-20)21-9-10-24-25-22(14-31(24)28(21)34)23(15-32)26(30-25)27(33)29-19-11-16-5-2-3-6-17(16)12-19/h2-10,13,19,22-23,25-26,30,32H,11-12,14-15H2,1H3,(H,29,33)/t22-,23-,25+,26-/m0/s1. The van der Waals surface area contributed by atoms with Crippen LogP contribution in [-0.2, 0) is 24.2 Å². The van der Waals surface area contributed by atoms with E-state index in [1.807, 2.05) is 48.5 Å². The molecule has 1 aromatic heterocycles. The van der Waals surface area contributed by atoms with Crippen LogP contribution in [0.5, 0.6) is 5.75 Å². The summed E-state index contributed by atoms with van der Waals surface area (Å²) in [6.07, 6.45) is 1.66. The van der Waals surface area contributed by atoms with Crippen LogP contribution in [-0.4, -0.2) is 41.4 Å². The molecule has 4 atom stereocenters. The summed E-state index contributed by atoms with van der Waals surface area (Å²) >= 11 is 0. The van der Waals surface area contributed by atoms with Gasteiger partial charge in [0.05, 0.1) is 19.2 Å². The average molecular weight is 472 g/mol. The fourth-order valence-electron chi connectivity index (χ4n) is 6.22. The number of carbonyl (C=O) groups excluding carboxylic acids is 1. The molecule has 0 saturated carbocycles. The van der Waals surface area contributed by atoms with Crippen molar-refractivity contribution in [3.8, 4) is 16.9 Å². The summed E-state index contributed by atoms with van der Waals surface area (Å²) in [7, 11) is 1.61. The number of benzene rings is 2. The lowest BCUT2D eigenvalue weighted by atomic mass is 9.88. The van der Waals surface area contributed by atoms with Crippen LogP contribution in [0.15, 0.2) is 65.5 Å². The number of rotatable bonds is 5. The average Bonchev–Trinajstić information content (AvgIpc) is 3.55. The molecule has 1 saturated heterocycles. The Morgan fingerprint density at radius 3 is 2.60 bits per heavy atom. The molecule has 7 nitrogen and oxygen atoms in total. The molecule has 0 unspecified atom stereocenters.